The van der Waals surface area contributed by atoms with Gasteiger partial charge in [0.15, 0.2) is 17.5 Å². The summed E-state index contributed by atoms with van der Waals surface area (Å²) in [5.41, 5.74) is 0.820. The Morgan fingerprint density at radius 1 is 1.15 bits per heavy atom. The molecule has 0 unspecified atom stereocenters. The van der Waals surface area contributed by atoms with E-state index < -0.39 is 17.5 Å². The minimum Gasteiger partial charge on any atom is -0.312 e. The van der Waals surface area contributed by atoms with Crippen LogP contribution in [-0.2, 0) is 13.0 Å². The maximum absolute atomic E-state index is 13.1. The van der Waals surface area contributed by atoms with Gasteiger partial charge in [0.05, 0.1) is 0 Å². The van der Waals surface area contributed by atoms with Crippen LogP contribution in [0, 0.1) is 17.5 Å². The quantitative estimate of drug-likeness (QED) is 0.610. The van der Waals surface area contributed by atoms with Crippen LogP contribution in [0.25, 0.3) is 0 Å². The maximum Gasteiger partial charge on any atom is 0.194 e. The van der Waals surface area contributed by atoms with E-state index in [2.05, 4.69) is 5.32 Å². The van der Waals surface area contributed by atoms with Crippen LogP contribution in [0.1, 0.15) is 11.1 Å². The summed E-state index contributed by atoms with van der Waals surface area (Å²) >= 11 is 0. The first-order chi connectivity index (χ1) is 6.20. The summed E-state index contributed by atoms with van der Waals surface area (Å²) in [6.07, 6.45) is 0.545. The maximum atomic E-state index is 13.1. The topological polar surface area (TPSA) is 12.0 Å². The van der Waals surface area contributed by atoms with Gasteiger partial charge in [-0.3, -0.25) is 0 Å². The molecule has 70 valence electrons. The fourth-order valence-corrected chi connectivity index (χ4v) is 1.53. The Bertz CT molecular complexity index is 349. The van der Waals surface area contributed by atoms with E-state index in [1.165, 1.54) is 0 Å². The summed E-state index contributed by atoms with van der Waals surface area (Å²) in [6.45, 7) is 0.954. The van der Waals surface area contributed by atoms with Gasteiger partial charge in [-0.25, -0.2) is 13.2 Å². The highest BCUT2D eigenvalue weighted by Gasteiger charge is 2.20. The second-order valence-electron chi connectivity index (χ2n) is 3.05. The van der Waals surface area contributed by atoms with E-state index in [0.29, 0.717) is 18.5 Å². The molecule has 0 saturated carbocycles. The van der Waals surface area contributed by atoms with Crippen molar-refractivity contribution < 1.29 is 13.2 Å². The first-order valence-electron chi connectivity index (χ1n) is 4.06. The summed E-state index contributed by atoms with van der Waals surface area (Å²) in [5, 5.41) is 2.90. The summed E-state index contributed by atoms with van der Waals surface area (Å²) in [7, 11) is 0. The van der Waals surface area contributed by atoms with E-state index >= 15 is 0 Å². The van der Waals surface area contributed by atoms with Crippen molar-refractivity contribution in [3.05, 3.63) is 34.6 Å². The van der Waals surface area contributed by atoms with Crippen LogP contribution < -0.4 is 5.32 Å². The summed E-state index contributed by atoms with van der Waals surface area (Å²) in [5.74, 6) is -3.53. The molecule has 0 aromatic heterocycles. The molecule has 0 saturated heterocycles. The van der Waals surface area contributed by atoms with Gasteiger partial charge >= 0.3 is 0 Å². The van der Waals surface area contributed by atoms with Gasteiger partial charge in [-0.05, 0) is 24.6 Å². The van der Waals surface area contributed by atoms with Gasteiger partial charge in [0.2, 0.25) is 0 Å². The molecule has 1 aromatic rings. The van der Waals surface area contributed by atoms with E-state index in [1.807, 2.05) is 0 Å². The standard InChI is InChI=1S/C9H8F3N/c10-7-3-5-1-2-13-4-6(5)8(11)9(7)12/h3,13H,1-2,4H2. The number of hydrogen-bond donors (Lipinski definition) is 1. The smallest absolute Gasteiger partial charge is 0.194 e. The largest absolute Gasteiger partial charge is 0.312 e. The molecular formula is C9H8F3N. The Kier molecular flexibility index (Phi) is 2.00. The van der Waals surface area contributed by atoms with E-state index in [0.717, 1.165) is 6.07 Å². The number of hydrogen-bond acceptors (Lipinski definition) is 1. The molecule has 1 aliphatic heterocycles. The van der Waals surface area contributed by atoms with Crippen molar-refractivity contribution in [2.24, 2.45) is 0 Å². The van der Waals surface area contributed by atoms with E-state index in [-0.39, 0.29) is 12.1 Å². The molecule has 0 spiro atoms. The van der Waals surface area contributed by atoms with Crippen molar-refractivity contribution in [2.75, 3.05) is 6.54 Å². The molecule has 0 radical (unpaired) electrons. The lowest BCUT2D eigenvalue weighted by Gasteiger charge is -2.17. The fraction of sp³-hybridized carbons (Fsp3) is 0.333. The van der Waals surface area contributed by atoms with Gasteiger partial charge in [-0.15, -0.1) is 0 Å². The summed E-state index contributed by atoms with van der Waals surface area (Å²) < 4.78 is 38.6. The summed E-state index contributed by atoms with van der Waals surface area (Å²) in [4.78, 5) is 0. The van der Waals surface area contributed by atoms with Crippen LogP contribution in [-0.4, -0.2) is 6.54 Å². The van der Waals surface area contributed by atoms with Crippen LogP contribution in [0.2, 0.25) is 0 Å². The van der Waals surface area contributed by atoms with Gasteiger partial charge in [0, 0.05) is 12.1 Å². The van der Waals surface area contributed by atoms with Crippen molar-refractivity contribution in [1.82, 2.24) is 5.32 Å². The monoisotopic (exact) mass is 187 g/mol. The lowest BCUT2D eigenvalue weighted by atomic mass is 10.00. The molecule has 1 aliphatic rings. The van der Waals surface area contributed by atoms with Crippen LogP contribution in [0.15, 0.2) is 6.07 Å². The Balaban J connectivity index is 2.60. The van der Waals surface area contributed by atoms with Gasteiger partial charge in [-0.2, -0.15) is 0 Å². The molecule has 1 nitrogen and oxygen atoms in total. The molecule has 1 heterocycles. The van der Waals surface area contributed by atoms with Crippen LogP contribution in [0.3, 0.4) is 0 Å². The van der Waals surface area contributed by atoms with Gasteiger partial charge in [0.25, 0.3) is 0 Å². The molecule has 13 heavy (non-hydrogen) atoms. The third kappa shape index (κ3) is 1.31. The Morgan fingerprint density at radius 2 is 1.92 bits per heavy atom. The minimum atomic E-state index is -1.37. The number of nitrogens with one attached hydrogen (secondary N) is 1. The third-order valence-corrected chi connectivity index (χ3v) is 2.23. The second kappa shape index (κ2) is 3.03. The molecule has 1 N–H and O–H groups in total. The van der Waals surface area contributed by atoms with Crippen molar-refractivity contribution in [3.8, 4) is 0 Å². The van der Waals surface area contributed by atoms with E-state index in [1.54, 1.807) is 0 Å². The van der Waals surface area contributed by atoms with E-state index in [4.69, 9.17) is 0 Å². The predicted octanol–water partition coefficient (Wildman–Crippen LogP) is 1.75. The SMILES string of the molecule is Fc1cc2c(c(F)c1F)CNCC2. The number of benzene rings is 1. The zero-order chi connectivity index (χ0) is 9.42. The number of fused-ring (bicyclic) bond motifs is 1. The van der Waals surface area contributed by atoms with Crippen LogP contribution in [0.4, 0.5) is 13.2 Å². The first kappa shape index (κ1) is 8.56. The highest BCUT2D eigenvalue weighted by Crippen LogP contribution is 2.22. The number of rotatable bonds is 0. The van der Waals surface area contributed by atoms with Crippen molar-refractivity contribution in [1.29, 1.82) is 0 Å². The van der Waals surface area contributed by atoms with Gasteiger partial charge in [0.1, 0.15) is 0 Å². The normalized spacial score (nSPS) is 15.6. The molecule has 0 aliphatic carbocycles. The minimum absolute atomic E-state index is 0.255. The third-order valence-electron chi connectivity index (χ3n) is 2.23. The fourth-order valence-electron chi connectivity index (χ4n) is 1.53. The Morgan fingerprint density at radius 3 is 2.69 bits per heavy atom. The molecule has 0 fully saturated rings. The predicted molar refractivity (Wildman–Crippen MR) is 41.7 cm³/mol. The molecule has 4 heteroatoms. The Hall–Kier alpha value is -1.03. The average molecular weight is 187 g/mol. The average Bonchev–Trinajstić information content (AvgIpc) is 2.15. The highest BCUT2D eigenvalue weighted by molar-refractivity contribution is 5.32. The Labute approximate surface area is 73.6 Å². The molecule has 0 atom stereocenters. The second-order valence-corrected chi connectivity index (χ2v) is 3.05. The lowest BCUT2D eigenvalue weighted by molar-refractivity contribution is 0.431. The molecule has 2 rings (SSSR count). The molecule has 0 bridgehead atoms. The zero-order valence-corrected chi connectivity index (χ0v) is 6.83. The van der Waals surface area contributed by atoms with Gasteiger partial charge in [-0.1, -0.05) is 0 Å². The molecule has 1 aromatic carbocycles. The van der Waals surface area contributed by atoms with Crippen molar-refractivity contribution >= 4 is 0 Å². The first-order valence-corrected chi connectivity index (χ1v) is 4.06. The lowest BCUT2D eigenvalue weighted by Crippen LogP contribution is -2.25. The van der Waals surface area contributed by atoms with Crippen molar-refractivity contribution in [2.45, 2.75) is 13.0 Å². The van der Waals surface area contributed by atoms with Crippen LogP contribution in [0.5, 0.6) is 0 Å². The van der Waals surface area contributed by atoms with Crippen LogP contribution >= 0.6 is 0 Å². The van der Waals surface area contributed by atoms with Gasteiger partial charge < -0.3 is 5.32 Å². The van der Waals surface area contributed by atoms with E-state index in [9.17, 15) is 13.2 Å². The highest BCUT2D eigenvalue weighted by atomic mass is 19.2. The summed E-state index contributed by atoms with van der Waals surface area (Å²) in [6, 6.07) is 1.08. The molecular weight excluding hydrogens is 179 g/mol. The number of halogens is 3. The zero-order valence-electron chi connectivity index (χ0n) is 6.83. The molecule has 0 amide bonds. The van der Waals surface area contributed by atoms with Crippen molar-refractivity contribution in [3.63, 3.8) is 0 Å².